The van der Waals surface area contributed by atoms with E-state index in [2.05, 4.69) is 61.9 Å². The largest absolute Gasteiger partial charge is 0.396 e. The molecule has 2 rings (SSSR count). The van der Waals surface area contributed by atoms with Crippen LogP contribution < -0.4 is 4.90 Å². The van der Waals surface area contributed by atoms with Crippen LogP contribution in [0.1, 0.15) is 25.8 Å². The second-order valence-electron chi connectivity index (χ2n) is 6.38. The lowest BCUT2D eigenvalue weighted by Crippen LogP contribution is -2.63. The summed E-state index contributed by atoms with van der Waals surface area (Å²) >= 11 is 0. The van der Waals surface area contributed by atoms with E-state index in [9.17, 15) is 5.11 Å². The van der Waals surface area contributed by atoms with E-state index < -0.39 is 0 Å². The van der Waals surface area contributed by atoms with Gasteiger partial charge in [0.05, 0.1) is 0 Å². The van der Waals surface area contributed by atoms with Gasteiger partial charge in [0.15, 0.2) is 0 Å². The van der Waals surface area contributed by atoms with Gasteiger partial charge in [-0.15, -0.1) is 0 Å². The summed E-state index contributed by atoms with van der Waals surface area (Å²) in [7, 11) is 2.17. The molecule has 1 N–H and O–H groups in total. The van der Waals surface area contributed by atoms with Crippen LogP contribution in [0.4, 0.5) is 5.69 Å². The van der Waals surface area contributed by atoms with Crippen LogP contribution in [0.25, 0.3) is 0 Å². The molecule has 1 atom stereocenters. The smallest absolute Gasteiger partial charge is 0.0476 e. The molecule has 0 bridgehead atoms. The molecule has 1 unspecified atom stereocenters. The van der Waals surface area contributed by atoms with Crippen molar-refractivity contribution in [2.45, 2.75) is 38.8 Å². The van der Waals surface area contributed by atoms with E-state index in [4.69, 9.17) is 0 Å². The molecule has 0 saturated carbocycles. The molecule has 1 aliphatic heterocycles. The molecule has 1 aromatic rings. The van der Waals surface area contributed by atoms with Gasteiger partial charge < -0.3 is 14.9 Å². The quantitative estimate of drug-likeness (QED) is 0.905. The molecule has 0 radical (unpaired) electrons. The summed E-state index contributed by atoms with van der Waals surface area (Å²) in [6, 6.07) is 9.11. The third-order valence-corrected chi connectivity index (χ3v) is 3.97. The van der Waals surface area contributed by atoms with Crippen molar-refractivity contribution in [3.63, 3.8) is 0 Å². The van der Waals surface area contributed by atoms with Crippen LogP contribution in [-0.2, 0) is 0 Å². The molecule has 1 heterocycles. The number of rotatable bonds is 3. The first kappa shape index (κ1) is 14.4. The number of anilines is 1. The van der Waals surface area contributed by atoms with Crippen molar-refractivity contribution in [1.82, 2.24) is 4.90 Å². The lowest BCUT2D eigenvalue weighted by Gasteiger charge is -2.52. The van der Waals surface area contributed by atoms with E-state index in [0.717, 1.165) is 19.5 Å². The third kappa shape index (κ3) is 3.10. The van der Waals surface area contributed by atoms with E-state index in [-0.39, 0.29) is 12.1 Å². The molecule has 106 valence electrons. The van der Waals surface area contributed by atoms with Gasteiger partial charge in [-0.1, -0.05) is 17.7 Å². The molecule has 0 spiro atoms. The van der Waals surface area contributed by atoms with E-state index >= 15 is 0 Å². The zero-order chi connectivity index (χ0) is 14.0. The number of aryl methyl sites for hydroxylation is 1. The van der Waals surface area contributed by atoms with E-state index in [1.165, 1.54) is 11.3 Å². The van der Waals surface area contributed by atoms with E-state index in [1.807, 2.05) is 0 Å². The number of aliphatic hydroxyl groups is 1. The molecule has 19 heavy (non-hydrogen) atoms. The maximum atomic E-state index is 9.34. The average Bonchev–Trinajstić information content (AvgIpc) is 2.30. The first-order valence-electron chi connectivity index (χ1n) is 7.09. The Kier molecular flexibility index (Phi) is 4.16. The zero-order valence-corrected chi connectivity index (χ0v) is 12.6. The van der Waals surface area contributed by atoms with Crippen LogP contribution in [-0.4, -0.2) is 48.3 Å². The molecule has 3 nitrogen and oxygen atoms in total. The Hall–Kier alpha value is -1.06. The second-order valence-corrected chi connectivity index (χ2v) is 6.38. The van der Waals surface area contributed by atoms with Gasteiger partial charge in [-0.25, -0.2) is 0 Å². The van der Waals surface area contributed by atoms with Crippen molar-refractivity contribution in [2.24, 2.45) is 0 Å². The van der Waals surface area contributed by atoms with Gasteiger partial charge in [-0.3, -0.25) is 0 Å². The van der Waals surface area contributed by atoms with Gasteiger partial charge in [0, 0.05) is 37.0 Å². The van der Waals surface area contributed by atoms with Gasteiger partial charge in [0.1, 0.15) is 0 Å². The number of nitrogens with zero attached hydrogens (tertiary/aromatic N) is 2. The molecule has 1 fully saturated rings. The highest BCUT2D eigenvalue weighted by molar-refractivity contribution is 5.51. The number of benzene rings is 1. The van der Waals surface area contributed by atoms with Crippen molar-refractivity contribution in [3.8, 4) is 0 Å². The Morgan fingerprint density at radius 1 is 1.26 bits per heavy atom. The first-order chi connectivity index (χ1) is 8.94. The Morgan fingerprint density at radius 3 is 2.47 bits per heavy atom. The highest BCUT2D eigenvalue weighted by atomic mass is 16.3. The fourth-order valence-corrected chi connectivity index (χ4v) is 3.37. The van der Waals surface area contributed by atoms with Crippen molar-refractivity contribution in [1.29, 1.82) is 0 Å². The third-order valence-electron chi connectivity index (χ3n) is 3.97. The Balaban J connectivity index is 2.33. The summed E-state index contributed by atoms with van der Waals surface area (Å²) in [6.07, 6.45) is 0.821. The minimum Gasteiger partial charge on any atom is -0.396 e. The normalized spacial score (nSPS) is 23.6. The SMILES string of the molecule is Cc1ccc(N2C(CCO)CN(C)CC2(C)C)cc1. The molecule has 3 heteroatoms. The highest BCUT2D eigenvalue weighted by Crippen LogP contribution is 2.32. The summed E-state index contributed by atoms with van der Waals surface area (Å²) < 4.78 is 0. The topological polar surface area (TPSA) is 26.7 Å². The maximum Gasteiger partial charge on any atom is 0.0476 e. The first-order valence-corrected chi connectivity index (χ1v) is 7.09. The van der Waals surface area contributed by atoms with Gasteiger partial charge >= 0.3 is 0 Å². The molecule has 0 aromatic heterocycles. The van der Waals surface area contributed by atoms with Gasteiger partial charge in [-0.05, 0) is 46.4 Å². The number of likely N-dealkylation sites (N-methyl/N-ethyl adjacent to an activating group) is 1. The fourth-order valence-electron chi connectivity index (χ4n) is 3.37. The fraction of sp³-hybridized carbons (Fsp3) is 0.625. The molecule has 1 aromatic carbocycles. The van der Waals surface area contributed by atoms with Gasteiger partial charge in [0.2, 0.25) is 0 Å². The molecular formula is C16H26N2O. The minimum absolute atomic E-state index is 0.0854. The summed E-state index contributed by atoms with van der Waals surface area (Å²) in [5, 5.41) is 9.34. The van der Waals surface area contributed by atoms with Gasteiger partial charge in [-0.2, -0.15) is 0 Å². The Bertz CT molecular complexity index is 413. The molecule has 0 amide bonds. The molecule has 1 aliphatic rings. The predicted octanol–water partition coefficient (Wildman–Crippen LogP) is 2.28. The summed E-state index contributed by atoms with van der Waals surface area (Å²) in [5.41, 5.74) is 2.64. The molecular weight excluding hydrogens is 236 g/mol. The standard InChI is InChI=1S/C16H26N2O/c1-13-5-7-14(8-6-13)18-15(9-10-19)11-17(4)12-16(18,2)3/h5-8,15,19H,9-12H2,1-4H3. The number of aliphatic hydroxyl groups excluding tert-OH is 1. The minimum atomic E-state index is 0.0854. The van der Waals surface area contributed by atoms with E-state index in [0.29, 0.717) is 6.04 Å². The van der Waals surface area contributed by atoms with Crippen molar-refractivity contribution < 1.29 is 5.11 Å². The molecule has 1 saturated heterocycles. The Morgan fingerprint density at radius 2 is 1.89 bits per heavy atom. The monoisotopic (exact) mass is 262 g/mol. The van der Waals surface area contributed by atoms with Crippen molar-refractivity contribution in [2.75, 3.05) is 31.6 Å². The number of hydrogen-bond acceptors (Lipinski definition) is 3. The lowest BCUT2D eigenvalue weighted by molar-refractivity contribution is 0.159. The second kappa shape index (κ2) is 5.51. The average molecular weight is 262 g/mol. The van der Waals surface area contributed by atoms with Crippen LogP contribution >= 0.6 is 0 Å². The van der Waals surface area contributed by atoms with Crippen molar-refractivity contribution in [3.05, 3.63) is 29.8 Å². The van der Waals surface area contributed by atoms with Crippen LogP contribution in [0.15, 0.2) is 24.3 Å². The Labute approximate surface area is 116 Å². The zero-order valence-electron chi connectivity index (χ0n) is 12.6. The van der Waals surface area contributed by atoms with Crippen LogP contribution in [0.3, 0.4) is 0 Å². The maximum absolute atomic E-state index is 9.34. The summed E-state index contributed by atoms with van der Waals surface area (Å²) in [5.74, 6) is 0. The van der Waals surface area contributed by atoms with Crippen LogP contribution in [0.5, 0.6) is 0 Å². The van der Waals surface area contributed by atoms with E-state index in [1.54, 1.807) is 0 Å². The lowest BCUT2D eigenvalue weighted by atomic mass is 9.92. The predicted molar refractivity (Wildman–Crippen MR) is 80.7 cm³/mol. The van der Waals surface area contributed by atoms with Crippen LogP contribution in [0.2, 0.25) is 0 Å². The van der Waals surface area contributed by atoms with Gasteiger partial charge in [0.25, 0.3) is 0 Å². The highest BCUT2D eigenvalue weighted by Gasteiger charge is 2.38. The van der Waals surface area contributed by atoms with Crippen LogP contribution in [0, 0.1) is 6.92 Å². The number of piperazine rings is 1. The summed E-state index contributed by atoms with van der Waals surface area (Å²) in [6.45, 7) is 8.99. The van der Waals surface area contributed by atoms with Crippen molar-refractivity contribution >= 4 is 5.69 Å². The summed E-state index contributed by atoms with van der Waals surface area (Å²) in [4.78, 5) is 4.85. The number of hydrogen-bond donors (Lipinski definition) is 1. The molecule has 0 aliphatic carbocycles.